The van der Waals surface area contributed by atoms with Crippen LogP contribution in [0.4, 0.5) is 0 Å². The van der Waals surface area contributed by atoms with Gasteiger partial charge in [-0.25, -0.2) is 4.79 Å². The average molecular weight is 493 g/mol. The number of hydrogen-bond donors (Lipinski definition) is 2. The van der Waals surface area contributed by atoms with Crippen LogP contribution in [0.25, 0.3) is 11.0 Å². The van der Waals surface area contributed by atoms with Crippen LogP contribution in [0.3, 0.4) is 0 Å². The summed E-state index contributed by atoms with van der Waals surface area (Å²) >= 11 is 0. The van der Waals surface area contributed by atoms with Crippen molar-refractivity contribution in [3.63, 3.8) is 0 Å². The van der Waals surface area contributed by atoms with Gasteiger partial charge < -0.3 is 38.2 Å². The molecule has 2 N–H and O–H groups in total. The van der Waals surface area contributed by atoms with E-state index >= 15 is 0 Å². The number of para-hydroxylation sites is 1. The van der Waals surface area contributed by atoms with Crippen molar-refractivity contribution in [2.75, 3.05) is 21.0 Å². The fraction of sp³-hybridized carbons (Fsp3) is 0.231. The number of aromatic hydroxyl groups is 1. The Morgan fingerprint density at radius 2 is 1.92 bits per heavy atom. The van der Waals surface area contributed by atoms with Gasteiger partial charge >= 0.3 is 5.63 Å². The van der Waals surface area contributed by atoms with Crippen molar-refractivity contribution in [3.05, 3.63) is 76.0 Å². The second-order valence-electron chi connectivity index (χ2n) is 8.03. The molecular weight excluding hydrogens is 470 g/mol. The largest absolute Gasteiger partial charge is 0.507 e. The van der Waals surface area contributed by atoms with E-state index in [0.29, 0.717) is 28.2 Å². The topological polar surface area (TPSA) is 130 Å². The molecule has 2 aromatic heterocycles. The molecule has 36 heavy (non-hydrogen) atoms. The highest BCUT2D eigenvalue weighted by Crippen LogP contribution is 2.53. The first kappa shape index (κ1) is 23.2. The lowest BCUT2D eigenvalue weighted by atomic mass is 9.86. The van der Waals surface area contributed by atoms with E-state index in [1.807, 2.05) is 0 Å². The third-order valence-corrected chi connectivity index (χ3v) is 5.99. The monoisotopic (exact) mass is 493 g/mol. The van der Waals surface area contributed by atoms with Crippen LogP contribution in [-0.2, 0) is 11.3 Å². The maximum absolute atomic E-state index is 13.2. The Hall–Kier alpha value is -4.60. The molecule has 1 atom stereocenters. The van der Waals surface area contributed by atoms with Gasteiger partial charge in [0.1, 0.15) is 17.1 Å². The van der Waals surface area contributed by atoms with Gasteiger partial charge in [-0.2, -0.15) is 0 Å². The summed E-state index contributed by atoms with van der Waals surface area (Å²) < 4.78 is 33.0. The van der Waals surface area contributed by atoms with Crippen LogP contribution >= 0.6 is 0 Å². The lowest BCUT2D eigenvalue weighted by Gasteiger charge is -2.22. The summed E-state index contributed by atoms with van der Waals surface area (Å²) in [4.78, 5) is 26.3. The first-order valence-corrected chi connectivity index (χ1v) is 11.1. The minimum atomic E-state index is -0.985. The van der Waals surface area contributed by atoms with Crippen molar-refractivity contribution in [2.24, 2.45) is 0 Å². The number of ether oxygens (including phenoxy) is 4. The maximum Gasteiger partial charge on any atom is 0.343 e. The lowest BCUT2D eigenvalue weighted by molar-refractivity contribution is -0.121. The minimum absolute atomic E-state index is 0.0524. The summed E-state index contributed by atoms with van der Waals surface area (Å²) in [6, 6.07) is 11.7. The number of carbonyl (C=O) groups is 1. The van der Waals surface area contributed by atoms with Gasteiger partial charge in [0.2, 0.25) is 24.2 Å². The Balaban J connectivity index is 1.65. The number of benzene rings is 2. The van der Waals surface area contributed by atoms with Gasteiger partial charge in [-0.05, 0) is 30.3 Å². The third kappa shape index (κ3) is 4.06. The Morgan fingerprint density at radius 3 is 2.67 bits per heavy atom. The fourth-order valence-electron chi connectivity index (χ4n) is 4.33. The fourth-order valence-corrected chi connectivity index (χ4v) is 4.33. The number of hydrogen-bond acceptors (Lipinski definition) is 9. The predicted octanol–water partition coefficient (Wildman–Crippen LogP) is 3.68. The van der Waals surface area contributed by atoms with Gasteiger partial charge in [-0.1, -0.05) is 12.1 Å². The van der Waals surface area contributed by atoms with Crippen LogP contribution in [0.1, 0.15) is 29.2 Å². The summed E-state index contributed by atoms with van der Waals surface area (Å²) in [6.07, 6.45) is 1.28. The zero-order valence-electron chi connectivity index (χ0n) is 19.5. The number of rotatable bonds is 8. The molecule has 1 aliphatic heterocycles. The van der Waals surface area contributed by atoms with Crippen LogP contribution in [0.5, 0.6) is 28.7 Å². The average Bonchev–Trinajstić information content (AvgIpc) is 3.58. The number of fused-ring (bicyclic) bond motifs is 2. The molecule has 1 amide bonds. The molecule has 0 saturated carbocycles. The predicted molar refractivity (Wildman–Crippen MR) is 127 cm³/mol. The molecule has 0 bridgehead atoms. The standard InChI is InChI=1S/C26H23NO9/c1-31-19-10-17(23(32-2)25-24(19)34-13-35-25)16(11-20(28)27-12-14-6-5-9-33-14)21-22(29)15-7-3-4-8-18(15)36-26(21)30/h3-10,16,29H,11-13H2,1-2H3,(H,27,28)/t16-/m1/s1. The smallest absolute Gasteiger partial charge is 0.343 e. The summed E-state index contributed by atoms with van der Waals surface area (Å²) in [6.45, 7) is 0.0988. The molecule has 0 unspecified atom stereocenters. The van der Waals surface area contributed by atoms with Gasteiger partial charge in [0.25, 0.3) is 0 Å². The van der Waals surface area contributed by atoms with E-state index in [9.17, 15) is 14.7 Å². The minimum Gasteiger partial charge on any atom is -0.507 e. The van der Waals surface area contributed by atoms with Crippen molar-refractivity contribution in [2.45, 2.75) is 18.9 Å². The molecule has 10 nitrogen and oxygen atoms in total. The molecule has 4 aromatic rings. The Bertz CT molecular complexity index is 1470. The zero-order valence-corrected chi connectivity index (χ0v) is 19.5. The molecular formula is C26H23NO9. The van der Waals surface area contributed by atoms with Crippen molar-refractivity contribution in [3.8, 4) is 28.7 Å². The van der Waals surface area contributed by atoms with E-state index in [2.05, 4.69) is 5.32 Å². The van der Waals surface area contributed by atoms with E-state index < -0.39 is 17.5 Å². The van der Waals surface area contributed by atoms with Crippen LogP contribution in [-0.4, -0.2) is 32.0 Å². The van der Waals surface area contributed by atoms with Gasteiger partial charge in [0, 0.05) is 17.9 Å². The Labute approximate surface area is 204 Å². The van der Waals surface area contributed by atoms with Crippen LogP contribution in [0.15, 0.2) is 62.4 Å². The highest BCUT2D eigenvalue weighted by Gasteiger charge is 2.35. The number of methoxy groups -OCH3 is 2. The van der Waals surface area contributed by atoms with Crippen molar-refractivity contribution in [1.82, 2.24) is 5.32 Å². The van der Waals surface area contributed by atoms with E-state index in [1.54, 1.807) is 42.5 Å². The molecule has 5 rings (SSSR count). The molecule has 3 heterocycles. The summed E-state index contributed by atoms with van der Waals surface area (Å²) in [5.41, 5.74) is -0.278. The molecule has 186 valence electrons. The first-order valence-electron chi connectivity index (χ1n) is 11.1. The third-order valence-electron chi connectivity index (χ3n) is 5.99. The molecule has 0 aliphatic carbocycles. The summed E-state index contributed by atoms with van der Waals surface area (Å²) in [5.74, 6) is 0.0805. The molecule has 10 heteroatoms. The van der Waals surface area contributed by atoms with Crippen LogP contribution < -0.4 is 29.9 Å². The SMILES string of the molecule is COc1cc([C@@H](CC(=O)NCc2ccco2)c2c(O)c3ccccc3oc2=O)c(OC)c2c1OCO2. The number of furan rings is 1. The van der Waals surface area contributed by atoms with E-state index in [1.165, 1.54) is 20.5 Å². The molecule has 0 saturated heterocycles. The number of amides is 1. The molecule has 0 spiro atoms. The number of nitrogens with one attached hydrogen (secondary N) is 1. The van der Waals surface area contributed by atoms with Gasteiger partial charge in [-0.3, -0.25) is 4.79 Å². The zero-order chi connectivity index (χ0) is 25.2. The normalized spacial score (nSPS) is 12.9. The van der Waals surface area contributed by atoms with Crippen molar-refractivity contribution in [1.29, 1.82) is 0 Å². The van der Waals surface area contributed by atoms with Gasteiger partial charge in [0.05, 0.1) is 38.0 Å². The Morgan fingerprint density at radius 1 is 1.11 bits per heavy atom. The Kier molecular flexibility index (Phi) is 6.16. The van der Waals surface area contributed by atoms with E-state index in [0.717, 1.165) is 0 Å². The van der Waals surface area contributed by atoms with Gasteiger partial charge in [-0.15, -0.1) is 0 Å². The second kappa shape index (κ2) is 9.57. The number of carbonyl (C=O) groups excluding carboxylic acids is 1. The second-order valence-corrected chi connectivity index (χ2v) is 8.03. The van der Waals surface area contributed by atoms with Gasteiger partial charge in [0.15, 0.2) is 11.5 Å². The molecule has 1 aliphatic rings. The summed E-state index contributed by atoms with van der Waals surface area (Å²) in [5, 5.41) is 14.3. The lowest BCUT2D eigenvalue weighted by Crippen LogP contribution is -2.26. The van der Waals surface area contributed by atoms with Crippen LogP contribution in [0.2, 0.25) is 0 Å². The first-order chi connectivity index (χ1) is 17.5. The summed E-state index contributed by atoms with van der Waals surface area (Å²) in [7, 11) is 2.89. The highest BCUT2D eigenvalue weighted by molar-refractivity contribution is 5.85. The van der Waals surface area contributed by atoms with E-state index in [4.69, 9.17) is 27.8 Å². The maximum atomic E-state index is 13.2. The van der Waals surface area contributed by atoms with E-state index in [-0.39, 0.29) is 48.2 Å². The molecule has 0 radical (unpaired) electrons. The highest BCUT2D eigenvalue weighted by atomic mass is 16.7. The van der Waals surface area contributed by atoms with Crippen molar-refractivity contribution >= 4 is 16.9 Å². The van der Waals surface area contributed by atoms with Crippen LogP contribution in [0, 0.1) is 0 Å². The molecule has 0 fully saturated rings. The molecule has 2 aromatic carbocycles. The quantitative estimate of drug-likeness (QED) is 0.353. The van der Waals surface area contributed by atoms with Crippen molar-refractivity contribution < 1.29 is 37.7 Å².